The van der Waals surface area contributed by atoms with Crippen LogP contribution in [0.15, 0.2) is 24.3 Å². The first-order valence-electron chi connectivity index (χ1n) is 7.92. The van der Waals surface area contributed by atoms with Crippen molar-refractivity contribution in [2.24, 2.45) is 5.92 Å². The third-order valence-electron chi connectivity index (χ3n) is 4.00. The minimum Gasteiger partial charge on any atom is -0.490 e. The van der Waals surface area contributed by atoms with E-state index in [9.17, 15) is 14.0 Å². The van der Waals surface area contributed by atoms with E-state index in [1.54, 1.807) is 17.0 Å². The second-order valence-corrected chi connectivity index (χ2v) is 6.11. The molecule has 0 aliphatic carbocycles. The van der Waals surface area contributed by atoms with Gasteiger partial charge in [0.2, 0.25) is 0 Å². The number of likely N-dealkylation sites (tertiary alicyclic amines) is 1. The molecule has 1 aromatic rings. The van der Waals surface area contributed by atoms with E-state index in [1.165, 1.54) is 12.1 Å². The number of nitrogens with zero attached hydrogens (tertiary/aromatic N) is 1. The lowest BCUT2D eigenvalue weighted by Gasteiger charge is -2.33. The highest BCUT2D eigenvalue weighted by Gasteiger charge is 2.26. The second kappa shape index (κ2) is 7.94. The lowest BCUT2D eigenvalue weighted by molar-refractivity contribution is -0.110. The number of halogens is 1. The van der Waals surface area contributed by atoms with Crippen LogP contribution in [0.25, 0.3) is 0 Å². The number of aldehydes is 1. The predicted octanol–water partition coefficient (Wildman–Crippen LogP) is 2.60. The van der Waals surface area contributed by atoms with Crippen molar-refractivity contribution in [2.45, 2.75) is 38.8 Å². The standard InChI is InChI=1S/C17H23FN2O3/c1-12(2)16(11-21)19-17(22)20-9-7-15(8-10-20)23-14-5-3-13(18)4-6-14/h3-6,11-12,15-16H,7-10H2,1-2H3,(H,19,22). The van der Waals surface area contributed by atoms with Gasteiger partial charge in [-0.2, -0.15) is 0 Å². The van der Waals surface area contributed by atoms with E-state index in [-0.39, 0.29) is 23.9 Å². The van der Waals surface area contributed by atoms with Crippen molar-refractivity contribution in [1.29, 1.82) is 0 Å². The lowest BCUT2D eigenvalue weighted by Crippen LogP contribution is -2.50. The Balaban J connectivity index is 1.80. The zero-order chi connectivity index (χ0) is 16.8. The minimum absolute atomic E-state index is 0.0106. The third-order valence-corrected chi connectivity index (χ3v) is 4.00. The minimum atomic E-state index is -0.462. The molecular weight excluding hydrogens is 299 g/mol. The summed E-state index contributed by atoms with van der Waals surface area (Å²) in [7, 11) is 0. The molecule has 1 unspecified atom stereocenters. The Hall–Kier alpha value is -2.11. The van der Waals surface area contributed by atoms with E-state index in [2.05, 4.69) is 5.32 Å². The summed E-state index contributed by atoms with van der Waals surface area (Å²) in [5.41, 5.74) is 0. The molecule has 0 bridgehead atoms. The predicted molar refractivity (Wildman–Crippen MR) is 84.8 cm³/mol. The molecule has 0 spiro atoms. The third kappa shape index (κ3) is 4.94. The van der Waals surface area contributed by atoms with E-state index in [1.807, 2.05) is 13.8 Å². The van der Waals surface area contributed by atoms with Gasteiger partial charge in [0, 0.05) is 25.9 Å². The molecule has 0 radical (unpaired) electrons. The van der Waals surface area contributed by atoms with Crippen LogP contribution in [0.5, 0.6) is 5.75 Å². The molecule has 6 heteroatoms. The van der Waals surface area contributed by atoms with Gasteiger partial charge in [0.15, 0.2) is 0 Å². The molecule has 5 nitrogen and oxygen atoms in total. The van der Waals surface area contributed by atoms with Crippen LogP contribution in [0.1, 0.15) is 26.7 Å². The van der Waals surface area contributed by atoms with E-state index >= 15 is 0 Å². The first kappa shape index (κ1) is 17.2. The highest BCUT2D eigenvalue weighted by molar-refractivity contribution is 5.78. The van der Waals surface area contributed by atoms with Gasteiger partial charge in [-0.15, -0.1) is 0 Å². The van der Waals surface area contributed by atoms with Gasteiger partial charge in [0.25, 0.3) is 0 Å². The first-order valence-corrected chi connectivity index (χ1v) is 7.92. The largest absolute Gasteiger partial charge is 0.490 e. The molecule has 1 saturated heterocycles. The maximum absolute atomic E-state index is 12.9. The van der Waals surface area contributed by atoms with Crippen molar-refractivity contribution >= 4 is 12.3 Å². The fraction of sp³-hybridized carbons (Fsp3) is 0.529. The number of ether oxygens (including phenoxy) is 1. The van der Waals surface area contributed by atoms with E-state index in [0.717, 1.165) is 6.29 Å². The van der Waals surface area contributed by atoms with Crippen LogP contribution in [-0.4, -0.2) is 42.5 Å². The van der Waals surface area contributed by atoms with Crippen LogP contribution in [0.4, 0.5) is 9.18 Å². The van der Waals surface area contributed by atoms with Crippen LogP contribution in [0, 0.1) is 11.7 Å². The van der Waals surface area contributed by atoms with E-state index in [4.69, 9.17) is 4.74 Å². The molecule has 1 aliphatic heterocycles. The molecule has 0 aromatic heterocycles. The number of benzene rings is 1. The van der Waals surface area contributed by atoms with Gasteiger partial charge in [-0.25, -0.2) is 9.18 Å². The van der Waals surface area contributed by atoms with Gasteiger partial charge in [-0.05, 0) is 30.2 Å². The number of carbonyl (C=O) groups excluding carboxylic acids is 2. The monoisotopic (exact) mass is 322 g/mol. The zero-order valence-electron chi connectivity index (χ0n) is 13.5. The number of urea groups is 1. The Bertz CT molecular complexity index is 525. The fourth-order valence-corrected chi connectivity index (χ4v) is 2.47. The van der Waals surface area contributed by atoms with Crippen molar-refractivity contribution in [3.63, 3.8) is 0 Å². The molecule has 1 fully saturated rings. The van der Waals surface area contributed by atoms with E-state index < -0.39 is 6.04 Å². The Morgan fingerprint density at radius 1 is 1.30 bits per heavy atom. The molecular formula is C17H23FN2O3. The van der Waals surface area contributed by atoms with Crippen LogP contribution in [0.2, 0.25) is 0 Å². The van der Waals surface area contributed by atoms with Gasteiger partial charge in [0.05, 0.1) is 6.04 Å². The Labute approximate surface area is 135 Å². The fourth-order valence-electron chi connectivity index (χ4n) is 2.47. The first-order chi connectivity index (χ1) is 11.0. The topological polar surface area (TPSA) is 58.6 Å². The molecule has 126 valence electrons. The number of hydrogen-bond acceptors (Lipinski definition) is 3. The summed E-state index contributed by atoms with van der Waals surface area (Å²) in [6.07, 6.45) is 2.19. The van der Waals surface area contributed by atoms with Crippen molar-refractivity contribution in [3.8, 4) is 5.75 Å². The van der Waals surface area contributed by atoms with Crippen molar-refractivity contribution in [1.82, 2.24) is 10.2 Å². The maximum atomic E-state index is 12.9. The average Bonchev–Trinajstić information content (AvgIpc) is 2.55. The number of nitrogens with one attached hydrogen (secondary N) is 1. The molecule has 1 heterocycles. The summed E-state index contributed by atoms with van der Waals surface area (Å²) in [6.45, 7) is 4.92. The zero-order valence-corrected chi connectivity index (χ0v) is 13.5. The molecule has 1 N–H and O–H groups in total. The number of hydrogen-bond donors (Lipinski definition) is 1. The van der Waals surface area contributed by atoms with Crippen LogP contribution in [-0.2, 0) is 4.79 Å². The van der Waals surface area contributed by atoms with Crippen LogP contribution >= 0.6 is 0 Å². The molecule has 2 amide bonds. The quantitative estimate of drug-likeness (QED) is 0.848. The number of amides is 2. The van der Waals surface area contributed by atoms with Crippen molar-refractivity contribution in [3.05, 3.63) is 30.1 Å². The molecule has 0 saturated carbocycles. The normalized spacial score (nSPS) is 17.0. The van der Waals surface area contributed by atoms with Crippen LogP contribution in [0.3, 0.4) is 0 Å². The summed E-state index contributed by atoms with van der Waals surface area (Å²) in [5.74, 6) is 0.407. The number of piperidine rings is 1. The summed E-state index contributed by atoms with van der Waals surface area (Å²) in [6, 6.07) is 5.26. The van der Waals surface area contributed by atoms with Gasteiger partial charge in [-0.1, -0.05) is 13.8 Å². The highest BCUT2D eigenvalue weighted by Crippen LogP contribution is 2.19. The summed E-state index contributed by atoms with van der Waals surface area (Å²) < 4.78 is 18.7. The van der Waals surface area contributed by atoms with Gasteiger partial charge in [-0.3, -0.25) is 0 Å². The van der Waals surface area contributed by atoms with E-state index in [0.29, 0.717) is 31.7 Å². The van der Waals surface area contributed by atoms with Crippen molar-refractivity contribution in [2.75, 3.05) is 13.1 Å². The molecule has 1 atom stereocenters. The molecule has 1 aliphatic rings. The summed E-state index contributed by atoms with van der Waals surface area (Å²) >= 11 is 0. The Morgan fingerprint density at radius 3 is 2.43 bits per heavy atom. The summed E-state index contributed by atoms with van der Waals surface area (Å²) in [5, 5.41) is 2.74. The van der Waals surface area contributed by atoms with Gasteiger partial charge < -0.3 is 19.7 Å². The maximum Gasteiger partial charge on any atom is 0.317 e. The average molecular weight is 322 g/mol. The second-order valence-electron chi connectivity index (χ2n) is 6.11. The molecule has 1 aromatic carbocycles. The Morgan fingerprint density at radius 2 is 1.91 bits per heavy atom. The van der Waals surface area contributed by atoms with Gasteiger partial charge in [0.1, 0.15) is 24.0 Å². The SMILES string of the molecule is CC(C)C(C=O)NC(=O)N1CCC(Oc2ccc(F)cc2)CC1. The van der Waals surface area contributed by atoms with Crippen LogP contribution < -0.4 is 10.1 Å². The lowest BCUT2D eigenvalue weighted by atomic mass is 10.1. The highest BCUT2D eigenvalue weighted by atomic mass is 19.1. The summed E-state index contributed by atoms with van der Waals surface area (Å²) in [4.78, 5) is 24.8. The molecule has 2 rings (SSSR count). The van der Waals surface area contributed by atoms with Gasteiger partial charge >= 0.3 is 6.03 Å². The van der Waals surface area contributed by atoms with Crippen molar-refractivity contribution < 1.29 is 18.7 Å². The number of carbonyl (C=O) groups is 2. The molecule has 23 heavy (non-hydrogen) atoms. The Kier molecular flexibility index (Phi) is 5.96. The number of rotatable bonds is 5. The smallest absolute Gasteiger partial charge is 0.317 e.